The second kappa shape index (κ2) is 31.2. The van der Waals surface area contributed by atoms with Crippen LogP contribution < -0.4 is 5.32 Å². The summed E-state index contributed by atoms with van der Waals surface area (Å²) in [6.07, 6.45) is -0.149. The number of carbonyl (C=O) groups is 8. The lowest BCUT2D eigenvalue weighted by molar-refractivity contribution is -0.186. The summed E-state index contributed by atoms with van der Waals surface area (Å²) in [6, 6.07) is 0.745. The van der Waals surface area contributed by atoms with Gasteiger partial charge >= 0.3 is 30.4 Å². The third-order valence-electron chi connectivity index (χ3n) is 11.1. The third kappa shape index (κ3) is 29.0. The van der Waals surface area contributed by atoms with Crippen LogP contribution in [0.2, 0.25) is 0 Å². The average molecular weight is 1040 g/mol. The van der Waals surface area contributed by atoms with E-state index in [9.17, 15) is 51.5 Å². The predicted molar refractivity (Wildman–Crippen MR) is 266 cm³/mol. The molecule has 0 bridgehead atoms. The van der Waals surface area contributed by atoms with Gasteiger partial charge in [0.1, 0.15) is 22.6 Å². The quantitative estimate of drug-likeness (QED) is 0.199. The van der Waals surface area contributed by atoms with Gasteiger partial charge in [0.25, 0.3) is 0 Å². The molecule has 0 aliphatic carbocycles. The number of likely N-dealkylation sites (tertiary alicyclic amines) is 4. The Kier molecular flexibility index (Phi) is 29.3. The molecule has 0 atom stereocenters. The molecule has 4 aliphatic rings. The van der Waals surface area contributed by atoms with Gasteiger partial charge in [-0.3, -0.25) is 24.0 Å². The number of Topliss-reactive ketones (excluding diaryl/α,β-unsaturated/α-hetero) is 1. The second-order valence-corrected chi connectivity index (χ2v) is 21.1. The number of nitrogens with zero attached hydrogens (tertiary/aromatic N) is 6. The molecular weight excluding hydrogens is 955 g/mol. The van der Waals surface area contributed by atoms with Gasteiger partial charge in [-0.15, -0.1) is 0 Å². The maximum absolute atomic E-state index is 12.2. The summed E-state index contributed by atoms with van der Waals surface area (Å²) in [5, 5.41) is 3.05. The van der Waals surface area contributed by atoms with Crippen LogP contribution in [-0.2, 0) is 38.2 Å². The number of alkyl halides is 3. The van der Waals surface area contributed by atoms with Crippen molar-refractivity contribution in [1.82, 2.24) is 34.7 Å². The molecule has 1 N–H and O–H groups in total. The molecular formula is C49H87ClF3N7O11. The summed E-state index contributed by atoms with van der Waals surface area (Å²) in [5.74, 6) is -1.53. The Balaban J connectivity index is 0.000000900. The Labute approximate surface area is 426 Å². The largest absolute Gasteiger partial charge is 0.471 e. The lowest BCUT2D eigenvalue weighted by atomic mass is 10.0. The zero-order valence-corrected chi connectivity index (χ0v) is 46.1. The minimum Gasteiger partial charge on any atom is -0.444 e. The molecule has 0 aromatic heterocycles. The van der Waals surface area contributed by atoms with Crippen molar-refractivity contribution in [3.63, 3.8) is 0 Å². The number of rotatable bonds is 6. The van der Waals surface area contributed by atoms with Crippen molar-refractivity contribution in [2.45, 2.75) is 196 Å². The van der Waals surface area contributed by atoms with Crippen molar-refractivity contribution in [1.29, 1.82) is 0 Å². The molecule has 0 saturated carbocycles. The van der Waals surface area contributed by atoms with E-state index < -0.39 is 28.9 Å². The highest BCUT2D eigenvalue weighted by molar-refractivity contribution is 6.62. The van der Waals surface area contributed by atoms with Gasteiger partial charge < -0.3 is 48.9 Å². The smallest absolute Gasteiger partial charge is 0.444 e. The molecule has 4 fully saturated rings. The van der Waals surface area contributed by atoms with Crippen LogP contribution in [0.1, 0.15) is 155 Å². The molecule has 4 saturated heterocycles. The Morgan fingerprint density at radius 2 is 0.831 bits per heavy atom. The van der Waals surface area contributed by atoms with Crippen molar-refractivity contribution in [2.75, 3.05) is 72.0 Å². The molecule has 0 aromatic rings. The summed E-state index contributed by atoms with van der Waals surface area (Å²) in [6.45, 7) is 33.3. The van der Waals surface area contributed by atoms with E-state index in [1.165, 1.54) is 13.8 Å². The number of nitrogens with one attached hydrogen (secondary N) is 1. The molecule has 18 nitrogen and oxygen atoms in total. The van der Waals surface area contributed by atoms with Gasteiger partial charge in [-0.1, -0.05) is 6.92 Å². The summed E-state index contributed by atoms with van der Waals surface area (Å²) in [5.41, 5.74) is -1.31. The van der Waals surface area contributed by atoms with Crippen LogP contribution in [0.5, 0.6) is 0 Å². The van der Waals surface area contributed by atoms with Gasteiger partial charge in [0.05, 0.1) is 0 Å². The van der Waals surface area contributed by atoms with E-state index in [4.69, 9.17) is 14.2 Å². The monoisotopic (exact) mass is 1040 g/mol. The van der Waals surface area contributed by atoms with Crippen LogP contribution in [0.4, 0.5) is 27.6 Å². The lowest BCUT2D eigenvalue weighted by Crippen LogP contribution is -2.51. The van der Waals surface area contributed by atoms with E-state index in [-0.39, 0.29) is 66.3 Å². The van der Waals surface area contributed by atoms with Crippen LogP contribution in [-0.4, -0.2) is 190 Å². The normalized spacial score (nSPS) is 17.3. The summed E-state index contributed by atoms with van der Waals surface area (Å²) in [4.78, 5) is 98.6. The van der Waals surface area contributed by atoms with Crippen molar-refractivity contribution in [2.24, 2.45) is 0 Å². The Morgan fingerprint density at radius 3 is 1.08 bits per heavy atom. The molecule has 0 radical (unpaired) electrons. The minimum atomic E-state index is -4.81. The van der Waals surface area contributed by atoms with Crippen LogP contribution in [0.3, 0.4) is 0 Å². The molecule has 0 aromatic carbocycles. The maximum Gasteiger partial charge on any atom is 0.471 e. The molecule has 71 heavy (non-hydrogen) atoms. The second-order valence-electron chi connectivity index (χ2n) is 20.6. The minimum absolute atomic E-state index is 0.0484. The molecule has 4 rings (SSSR count). The number of hydrogen-bond donors (Lipinski definition) is 1. The van der Waals surface area contributed by atoms with Crippen molar-refractivity contribution < 1.29 is 65.7 Å². The fourth-order valence-electron chi connectivity index (χ4n) is 7.87. The fraction of sp³-hybridized carbons (Fsp3) is 0.837. The first-order valence-corrected chi connectivity index (χ1v) is 25.2. The fourth-order valence-corrected chi connectivity index (χ4v) is 7.87. The van der Waals surface area contributed by atoms with E-state index in [0.29, 0.717) is 64.4 Å². The topological polar surface area (TPSA) is 196 Å². The van der Waals surface area contributed by atoms with E-state index in [0.717, 1.165) is 56.8 Å². The highest BCUT2D eigenvalue weighted by atomic mass is 35.5. The Morgan fingerprint density at radius 1 is 0.549 bits per heavy atom. The number of hydrogen-bond acceptors (Lipinski definition) is 12. The standard InChI is InChI=1S/C14H26N2O3.C12H24N2O2.C11H17F3N2O2.C10H17NO3.C2H3ClO/c1-6-16(11(2)17)12-7-9-15(10-8-12)13(18)19-14(3,4)5;1-5-13-10-6-8-14(9-7-10)11(15)16-12(2,3)4;1-3-16(8(2)17)9-4-6-15(7-5-9)10(18)11(12,13)14;1-10(2,3)14-9(13)11-6-4-8(12)5-7-11;1-2(3)4/h12H,6-10H2,1-5H3;10,13H,5-9H2,1-4H3;9H,3-7H2,1-2H3;4-7H2,1-3H3;1H3. The van der Waals surface area contributed by atoms with Crippen molar-refractivity contribution in [3.8, 4) is 0 Å². The highest BCUT2D eigenvalue weighted by Crippen LogP contribution is 2.24. The summed E-state index contributed by atoms with van der Waals surface area (Å²) >= 11 is 4.64. The number of ketones is 1. The average Bonchev–Trinajstić information content (AvgIpc) is 3.23. The number of halogens is 4. The summed E-state index contributed by atoms with van der Waals surface area (Å²) < 4.78 is 52.6. The number of ether oxygens (including phenoxy) is 3. The molecule has 412 valence electrons. The Bertz CT molecular complexity index is 1680. The zero-order valence-electron chi connectivity index (χ0n) is 45.4. The van der Waals surface area contributed by atoms with Gasteiger partial charge in [0, 0.05) is 117 Å². The highest BCUT2D eigenvalue weighted by Gasteiger charge is 2.44. The summed E-state index contributed by atoms with van der Waals surface area (Å²) in [7, 11) is 0. The maximum atomic E-state index is 12.2. The first-order valence-electron chi connectivity index (χ1n) is 24.8. The first kappa shape index (κ1) is 66.6. The van der Waals surface area contributed by atoms with Gasteiger partial charge in [-0.25, -0.2) is 14.4 Å². The van der Waals surface area contributed by atoms with Gasteiger partial charge in [0.2, 0.25) is 17.1 Å². The van der Waals surface area contributed by atoms with Crippen molar-refractivity contribution >= 4 is 58.6 Å². The number of amides is 6. The van der Waals surface area contributed by atoms with Crippen LogP contribution in [0, 0.1) is 0 Å². The molecule has 4 heterocycles. The molecule has 6 amide bonds. The van der Waals surface area contributed by atoms with E-state index in [1.54, 1.807) is 26.5 Å². The molecule has 4 aliphatic heterocycles. The molecule has 22 heteroatoms. The van der Waals surface area contributed by atoms with E-state index >= 15 is 0 Å². The molecule has 0 unspecified atom stereocenters. The van der Waals surface area contributed by atoms with Crippen molar-refractivity contribution in [3.05, 3.63) is 0 Å². The lowest BCUT2D eigenvalue weighted by Gasteiger charge is -2.38. The van der Waals surface area contributed by atoms with Gasteiger partial charge in [-0.2, -0.15) is 13.2 Å². The molecule has 0 spiro atoms. The van der Waals surface area contributed by atoms with E-state index in [2.05, 4.69) is 23.8 Å². The van der Waals surface area contributed by atoms with Gasteiger partial charge in [-0.05, 0) is 133 Å². The first-order chi connectivity index (χ1) is 32.5. The van der Waals surface area contributed by atoms with E-state index in [1.807, 2.05) is 81.1 Å². The number of piperidine rings is 4. The van der Waals surface area contributed by atoms with Crippen LogP contribution in [0.15, 0.2) is 0 Å². The number of carbonyl (C=O) groups excluding carboxylic acids is 8. The zero-order chi connectivity index (χ0) is 55.1. The van der Waals surface area contributed by atoms with Gasteiger partial charge in [0.15, 0.2) is 0 Å². The SMILES string of the molecule is CC(=O)Cl.CC(C)(C)OC(=O)N1CCC(=O)CC1.CCN(C(C)=O)C1CCN(C(=O)C(F)(F)F)CC1.CCN(C(C)=O)C1CCN(C(=O)OC(C)(C)C)CC1.CCNC1CCN(C(=O)OC(C)(C)C)CC1. The predicted octanol–water partition coefficient (Wildman–Crippen LogP) is 8.02. The van der Waals surface area contributed by atoms with Crippen LogP contribution >= 0.6 is 11.6 Å². The third-order valence-corrected chi connectivity index (χ3v) is 11.1. The Hall–Kier alpha value is -4.40. The van der Waals surface area contributed by atoms with Crippen LogP contribution in [0.25, 0.3) is 0 Å².